The van der Waals surface area contributed by atoms with Gasteiger partial charge in [-0.1, -0.05) is 0 Å². The fraction of sp³-hybridized carbons (Fsp3) is 0.333. The molecule has 0 spiro atoms. The van der Waals surface area contributed by atoms with Crippen molar-refractivity contribution in [3.8, 4) is 0 Å². The van der Waals surface area contributed by atoms with Crippen molar-refractivity contribution in [2.24, 2.45) is 0 Å². The number of amides is 2. The molecule has 1 atom stereocenters. The number of fused-ring (bicyclic) bond motifs is 1. The molecule has 1 aromatic heterocycles. The summed E-state index contributed by atoms with van der Waals surface area (Å²) in [7, 11) is 0. The van der Waals surface area contributed by atoms with Crippen LogP contribution in [-0.4, -0.2) is 15.5 Å². The van der Waals surface area contributed by atoms with Gasteiger partial charge in [-0.05, 0) is 18.5 Å². The van der Waals surface area contributed by atoms with E-state index in [-0.39, 0.29) is 0 Å². The number of aryl methyl sites for hydroxylation is 1. The van der Waals surface area contributed by atoms with Gasteiger partial charge in [0.15, 0.2) is 6.23 Å². The van der Waals surface area contributed by atoms with E-state index >= 15 is 0 Å². The van der Waals surface area contributed by atoms with Crippen LogP contribution < -0.4 is 10.6 Å². The topological polar surface area (TPSA) is 74.2 Å². The second kappa shape index (κ2) is 2.43. The van der Waals surface area contributed by atoms with Gasteiger partial charge in [0, 0.05) is 0 Å². The van der Waals surface area contributed by atoms with E-state index in [1.807, 2.05) is 0 Å². The molecule has 5 nitrogen and oxygen atoms in total. The first-order chi connectivity index (χ1) is 5.68. The number of hydrogen-bond acceptors (Lipinski definition) is 4. The van der Waals surface area contributed by atoms with Crippen molar-refractivity contribution in [3.63, 3.8) is 0 Å². The third-order valence-electron chi connectivity index (χ3n) is 1.68. The number of nitrogens with zero attached hydrogens (tertiary/aromatic N) is 1. The predicted molar refractivity (Wildman–Crippen MR) is 44.0 cm³/mol. The predicted octanol–water partition coefficient (Wildman–Crippen LogP) is 0.578. The molecular weight excluding hydrogens is 178 g/mol. The molecule has 0 aliphatic carbocycles. The third kappa shape index (κ3) is 0.961. The van der Waals surface area contributed by atoms with Crippen LogP contribution in [-0.2, 0) is 0 Å². The Balaban J connectivity index is 2.49. The molecule has 1 unspecified atom stereocenters. The maximum absolute atomic E-state index is 10.8. The number of nitrogens with one attached hydrogen (secondary N) is 2. The van der Waals surface area contributed by atoms with Crippen LogP contribution in [0.3, 0.4) is 0 Å². The zero-order chi connectivity index (χ0) is 8.72. The Morgan fingerprint density at radius 2 is 2.42 bits per heavy atom. The molecule has 1 aromatic rings. The van der Waals surface area contributed by atoms with Crippen molar-refractivity contribution in [1.82, 2.24) is 9.69 Å². The highest BCUT2D eigenvalue weighted by Crippen LogP contribution is 2.31. The molecule has 12 heavy (non-hydrogen) atoms. The van der Waals surface area contributed by atoms with Gasteiger partial charge in [0.2, 0.25) is 0 Å². The molecule has 2 amide bonds. The van der Waals surface area contributed by atoms with Crippen LogP contribution in [0, 0.1) is 6.92 Å². The number of aliphatic hydroxyl groups excluding tert-OH is 1. The molecule has 2 heterocycles. The maximum Gasteiger partial charge on any atom is 0.322 e. The Morgan fingerprint density at radius 1 is 1.67 bits per heavy atom. The lowest BCUT2D eigenvalue weighted by atomic mass is 10.2. The lowest BCUT2D eigenvalue weighted by Gasteiger charge is -2.19. The largest absolute Gasteiger partial charge is 0.369 e. The van der Waals surface area contributed by atoms with Crippen LogP contribution in [0.2, 0.25) is 0 Å². The van der Waals surface area contributed by atoms with Crippen molar-refractivity contribution in [3.05, 3.63) is 11.3 Å². The number of carbonyl (C=O) groups excluding carboxylic acids is 1. The van der Waals surface area contributed by atoms with Crippen molar-refractivity contribution < 1.29 is 9.90 Å². The van der Waals surface area contributed by atoms with Crippen LogP contribution >= 0.6 is 11.5 Å². The van der Waals surface area contributed by atoms with Gasteiger partial charge in [-0.15, -0.1) is 0 Å². The van der Waals surface area contributed by atoms with Gasteiger partial charge in [0.05, 0.1) is 11.3 Å². The monoisotopic (exact) mass is 185 g/mol. The van der Waals surface area contributed by atoms with Crippen LogP contribution in [0.5, 0.6) is 0 Å². The smallest absolute Gasteiger partial charge is 0.322 e. The quantitative estimate of drug-likeness (QED) is 0.553. The zero-order valence-corrected chi connectivity index (χ0v) is 7.10. The van der Waals surface area contributed by atoms with Crippen molar-refractivity contribution >= 4 is 22.6 Å². The summed E-state index contributed by atoms with van der Waals surface area (Å²) in [6.07, 6.45) is -0.924. The van der Waals surface area contributed by atoms with E-state index in [0.29, 0.717) is 10.6 Å². The first kappa shape index (κ1) is 7.51. The fourth-order valence-electron chi connectivity index (χ4n) is 1.12. The first-order valence-electron chi connectivity index (χ1n) is 3.40. The normalized spacial score (nSPS) is 21.2. The summed E-state index contributed by atoms with van der Waals surface area (Å²) in [4.78, 5) is 10.8. The number of hydrogen-bond donors (Lipinski definition) is 3. The van der Waals surface area contributed by atoms with Crippen molar-refractivity contribution in [1.29, 1.82) is 0 Å². The van der Waals surface area contributed by atoms with E-state index in [1.165, 1.54) is 11.5 Å². The Labute approximate surface area is 72.6 Å². The molecule has 3 N–H and O–H groups in total. The third-order valence-corrected chi connectivity index (χ3v) is 2.55. The molecule has 0 fully saturated rings. The highest BCUT2D eigenvalue weighted by atomic mass is 32.1. The average molecular weight is 185 g/mol. The molecule has 0 saturated heterocycles. The van der Waals surface area contributed by atoms with Crippen molar-refractivity contribution in [2.45, 2.75) is 13.2 Å². The SMILES string of the molecule is Cc1nsc2c1C(O)NC(=O)N2. The summed E-state index contributed by atoms with van der Waals surface area (Å²) in [5.41, 5.74) is 1.41. The minimum absolute atomic E-state index is 0.390. The first-order valence-corrected chi connectivity index (χ1v) is 4.17. The van der Waals surface area contributed by atoms with Gasteiger partial charge >= 0.3 is 6.03 Å². The van der Waals surface area contributed by atoms with E-state index in [0.717, 1.165) is 5.69 Å². The van der Waals surface area contributed by atoms with E-state index in [1.54, 1.807) is 6.92 Å². The Morgan fingerprint density at radius 3 is 3.17 bits per heavy atom. The summed E-state index contributed by atoms with van der Waals surface area (Å²) >= 11 is 1.18. The number of anilines is 1. The second-order valence-corrected chi connectivity index (χ2v) is 3.29. The molecule has 2 rings (SSSR count). The van der Waals surface area contributed by atoms with Gasteiger partial charge < -0.3 is 10.4 Å². The van der Waals surface area contributed by atoms with Gasteiger partial charge in [-0.2, -0.15) is 4.37 Å². The molecular formula is C6H7N3O2S. The van der Waals surface area contributed by atoms with Gasteiger partial charge in [0.1, 0.15) is 5.00 Å². The molecule has 64 valence electrons. The van der Waals surface area contributed by atoms with Crippen LogP contribution in [0.1, 0.15) is 17.5 Å². The lowest BCUT2D eigenvalue weighted by molar-refractivity contribution is 0.143. The molecule has 6 heteroatoms. The highest BCUT2D eigenvalue weighted by Gasteiger charge is 2.26. The molecule has 1 aliphatic rings. The van der Waals surface area contributed by atoms with Gasteiger partial charge in [-0.3, -0.25) is 5.32 Å². The number of aliphatic hydroxyl groups is 1. The Bertz CT molecular complexity index is 336. The summed E-state index contributed by atoms with van der Waals surface area (Å²) in [5, 5.41) is 14.9. The fourth-order valence-corrected chi connectivity index (χ4v) is 1.95. The summed E-state index contributed by atoms with van der Waals surface area (Å²) in [6, 6.07) is -0.390. The lowest BCUT2D eigenvalue weighted by Crippen LogP contribution is -2.37. The standard InChI is InChI=1S/C6H7N3O2S/c1-2-3-4(10)7-6(11)8-5(3)12-9-2/h4,10H,1H3,(H2,7,8,11). The van der Waals surface area contributed by atoms with Crippen LogP contribution in [0.4, 0.5) is 9.80 Å². The average Bonchev–Trinajstić information content (AvgIpc) is 2.31. The molecule has 1 aliphatic heterocycles. The van der Waals surface area contributed by atoms with Gasteiger partial charge in [-0.25, -0.2) is 4.79 Å². The summed E-state index contributed by atoms with van der Waals surface area (Å²) < 4.78 is 4.01. The molecule has 0 radical (unpaired) electrons. The number of carbonyl (C=O) groups is 1. The van der Waals surface area contributed by atoms with E-state index in [9.17, 15) is 9.90 Å². The highest BCUT2D eigenvalue weighted by molar-refractivity contribution is 7.10. The summed E-state index contributed by atoms with van der Waals surface area (Å²) in [5.74, 6) is 0. The second-order valence-electron chi connectivity index (χ2n) is 2.51. The Kier molecular flexibility index (Phi) is 1.52. The number of urea groups is 1. The van der Waals surface area contributed by atoms with Crippen LogP contribution in [0.25, 0.3) is 0 Å². The van der Waals surface area contributed by atoms with Crippen LogP contribution in [0.15, 0.2) is 0 Å². The molecule has 0 aromatic carbocycles. The van der Waals surface area contributed by atoms with Crippen molar-refractivity contribution in [2.75, 3.05) is 5.32 Å². The Hall–Kier alpha value is -1.14. The van der Waals surface area contributed by atoms with E-state index in [2.05, 4.69) is 15.0 Å². The van der Waals surface area contributed by atoms with E-state index < -0.39 is 12.3 Å². The summed E-state index contributed by atoms with van der Waals surface area (Å²) in [6.45, 7) is 1.79. The molecule has 0 saturated carbocycles. The number of aromatic nitrogens is 1. The van der Waals surface area contributed by atoms with E-state index in [4.69, 9.17) is 0 Å². The molecule has 0 bridgehead atoms. The maximum atomic E-state index is 10.8. The number of rotatable bonds is 0. The zero-order valence-electron chi connectivity index (χ0n) is 6.29. The van der Waals surface area contributed by atoms with Gasteiger partial charge in [0.25, 0.3) is 0 Å². The minimum Gasteiger partial charge on any atom is -0.369 e. The minimum atomic E-state index is -0.924.